The Morgan fingerprint density at radius 3 is 2.28 bits per heavy atom. The van der Waals surface area contributed by atoms with Gasteiger partial charge < -0.3 is 4.74 Å². The predicted octanol–water partition coefficient (Wildman–Crippen LogP) is 6.43. The third kappa shape index (κ3) is 3.86. The first-order chi connectivity index (χ1) is 13.5. The third-order valence-corrected chi connectivity index (χ3v) is 6.25. The van der Waals surface area contributed by atoms with Crippen LogP contribution in [0.4, 0.5) is 13.2 Å². The van der Waals surface area contributed by atoms with E-state index in [-0.39, 0.29) is 32.8 Å². The summed E-state index contributed by atoms with van der Waals surface area (Å²) in [6, 6.07) is 7.08. The van der Waals surface area contributed by atoms with Gasteiger partial charge in [0.2, 0.25) is 0 Å². The van der Waals surface area contributed by atoms with Crippen LogP contribution in [0.5, 0.6) is 0 Å². The van der Waals surface area contributed by atoms with Gasteiger partial charge in [-0.25, -0.2) is 4.79 Å². The molecule has 0 bridgehead atoms. The number of nitrogens with zero attached hydrogens (tertiary/aromatic N) is 1. The molecule has 2 aromatic rings. The minimum Gasteiger partial charge on any atom is -0.465 e. The Hall–Kier alpha value is -1.76. The molecule has 1 unspecified atom stereocenters. The summed E-state index contributed by atoms with van der Waals surface area (Å²) in [4.78, 5) is 15.9. The summed E-state index contributed by atoms with van der Waals surface area (Å²) in [6.07, 6.45) is -4.98. The molecule has 29 heavy (non-hydrogen) atoms. The summed E-state index contributed by atoms with van der Waals surface area (Å²) in [5, 5.41) is -0.100. The first-order valence-electron chi connectivity index (χ1n) is 8.44. The van der Waals surface area contributed by atoms with Gasteiger partial charge >= 0.3 is 12.1 Å². The standard InChI is InChI=1S/C20H15Cl3F3NO2/c1-10-5-11(3-4-13(10)18(28)29-2)16-8-19(9-27-16,20(24,25)26)12-6-14(21)17(23)15(22)7-12/h3-7H,8-9H2,1-2H3. The zero-order valence-electron chi connectivity index (χ0n) is 15.3. The van der Waals surface area contributed by atoms with E-state index < -0.39 is 24.1 Å². The van der Waals surface area contributed by atoms with E-state index in [1.807, 2.05) is 0 Å². The van der Waals surface area contributed by atoms with Crippen molar-refractivity contribution in [2.45, 2.75) is 24.9 Å². The van der Waals surface area contributed by atoms with Crippen LogP contribution in [0.15, 0.2) is 35.3 Å². The second kappa shape index (κ2) is 7.82. The number of esters is 1. The fraction of sp³-hybridized carbons (Fsp3) is 0.300. The summed E-state index contributed by atoms with van der Waals surface area (Å²) in [5.74, 6) is -0.516. The molecule has 0 spiro atoms. The molecule has 0 fully saturated rings. The van der Waals surface area contributed by atoms with E-state index in [0.717, 1.165) is 0 Å². The molecular weight excluding hydrogens is 450 g/mol. The lowest BCUT2D eigenvalue weighted by molar-refractivity contribution is -0.183. The van der Waals surface area contributed by atoms with Gasteiger partial charge in [0, 0.05) is 12.1 Å². The number of hydrogen-bond donors (Lipinski definition) is 0. The van der Waals surface area contributed by atoms with Crippen molar-refractivity contribution in [3.63, 3.8) is 0 Å². The van der Waals surface area contributed by atoms with Gasteiger partial charge in [-0.15, -0.1) is 0 Å². The molecule has 0 saturated carbocycles. The molecule has 0 saturated heterocycles. The maximum atomic E-state index is 14.2. The molecule has 2 aromatic carbocycles. The van der Waals surface area contributed by atoms with E-state index in [1.165, 1.54) is 25.3 Å². The van der Waals surface area contributed by atoms with Gasteiger partial charge in [-0.2, -0.15) is 13.2 Å². The average molecular weight is 465 g/mol. The van der Waals surface area contributed by atoms with Gasteiger partial charge in [0.1, 0.15) is 5.41 Å². The van der Waals surface area contributed by atoms with Crippen molar-refractivity contribution in [3.05, 3.63) is 67.7 Å². The zero-order chi connectivity index (χ0) is 21.6. The predicted molar refractivity (Wildman–Crippen MR) is 108 cm³/mol. The molecule has 0 aromatic heterocycles. The van der Waals surface area contributed by atoms with Crippen molar-refractivity contribution in [1.82, 2.24) is 0 Å². The molecule has 0 radical (unpaired) electrons. The maximum Gasteiger partial charge on any atom is 0.400 e. The minimum absolute atomic E-state index is 0.00238. The lowest BCUT2D eigenvalue weighted by atomic mass is 9.76. The number of hydrogen-bond acceptors (Lipinski definition) is 3. The molecule has 9 heteroatoms. The van der Waals surface area contributed by atoms with Crippen LogP contribution in [-0.4, -0.2) is 31.5 Å². The van der Waals surface area contributed by atoms with E-state index in [4.69, 9.17) is 39.5 Å². The summed E-state index contributed by atoms with van der Waals surface area (Å²) in [6.45, 7) is 1.18. The summed E-state index contributed by atoms with van der Waals surface area (Å²) >= 11 is 17.9. The summed E-state index contributed by atoms with van der Waals surface area (Å²) < 4.78 is 47.3. The van der Waals surface area contributed by atoms with Crippen molar-refractivity contribution in [3.8, 4) is 0 Å². The highest BCUT2D eigenvalue weighted by atomic mass is 35.5. The zero-order valence-corrected chi connectivity index (χ0v) is 17.6. The Kier molecular flexibility index (Phi) is 5.91. The molecule has 0 N–H and O–H groups in total. The number of alkyl halides is 3. The van der Waals surface area contributed by atoms with Gasteiger partial charge in [-0.3, -0.25) is 4.99 Å². The number of benzene rings is 2. The van der Waals surface area contributed by atoms with E-state index >= 15 is 0 Å². The number of carbonyl (C=O) groups is 1. The Morgan fingerprint density at radius 1 is 1.14 bits per heavy atom. The first kappa shape index (κ1) is 21.9. The quantitative estimate of drug-likeness (QED) is 0.387. The Balaban J connectivity index is 2.02. The van der Waals surface area contributed by atoms with E-state index in [0.29, 0.717) is 16.7 Å². The average Bonchev–Trinajstić information content (AvgIpc) is 3.12. The lowest BCUT2D eigenvalue weighted by Crippen LogP contribution is -2.43. The second-order valence-electron chi connectivity index (χ2n) is 6.79. The summed E-state index contributed by atoms with van der Waals surface area (Å²) in [5.41, 5.74) is -0.648. The fourth-order valence-corrected chi connectivity index (χ4v) is 3.98. The summed E-state index contributed by atoms with van der Waals surface area (Å²) in [7, 11) is 1.26. The van der Waals surface area contributed by atoms with Crippen LogP contribution in [-0.2, 0) is 10.2 Å². The maximum absolute atomic E-state index is 14.2. The molecule has 1 aliphatic heterocycles. The Morgan fingerprint density at radius 2 is 1.76 bits per heavy atom. The second-order valence-corrected chi connectivity index (χ2v) is 7.99. The van der Waals surface area contributed by atoms with Gasteiger partial charge in [0.25, 0.3) is 0 Å². The molecular formula is C20H15Cl3F3NO2. The molecule has 1 heterocycles. The van der Waals surface area contributed by atoms with Crippen LogP contribution in [0.1, 0.15) is 33.5 Å². The van der Waals surface area contributed by atoms with Crippen LogP contribution < -0.4 is 0 Å². The van der Waals surface area contributed by atoms with E-state index in [9.17, 15) is 18.0 Å². The molecule has 3 rings (SSSR count). The van der Waals surface area contributed by atoms with Crippen molar-refractivity contribution in [1.29, 1.82) is 0 Å². The molecule has 0 aliphatic carbocycles. The topological polar surface area (TPSA) is 38.7 Å². The van der Waals surface area contributed by atoms with Gasteiger partial charge in [-0.05, 0) is 47.9 Å². The van der Waals surface area contributed by atoms with E-state index in [1.54, 1.807) is 19.1 Å². The molecule has 1 aliphatic rings. The number of carbonyl (C=O) groups excluding carboxylic acids is 1. The smallest absolute Gasteiger partial charge is 0.400 e. The van der Waals surface area contributed by atoms with Crippen molar-refractivity contribution in [2.24, 2.45) is 4.99 Å². The monoisotopic (exact) mass is 463 g/mol. The number of halogens is 6. The van der Waals surface area contributed by atoms with Gasteiger partial charge in [0.05, 0.1) is 34.3 Å². The van der Waals surface area contributed by atoms with Crippen LogP contribution in [0.2, 0.25) is 15.1 Å². The van der Waals surface area contributed by atoms with Crippen LogP contribution >= 0.6 is 34.8 Å². The fourth-order valence-electron chi connectivity index (χ4n) is 3.38. The number of methoxy groups -OCH3 is 1. The highest BCUT2D eigenvalue weighted by Gasteiger charge is 2.58. The number of rotatable bonds is 3. The molecule has 0 amide bonds. The number of aryl methyl sites for hydroxylation is 1. The molecule has 154 valence electrons. The van der Waals surface area contributed by atoms with Crippen LogP contribution in [0.3, 0.4) is 0 Å². The van der Waals surface area contributed by atoms with Crippen molar-refractivity contribution >= 4 is 46.5 Å². The van der Waals surface area contributed by atoms with E-state index in [2.05, 4.69) is 4.99 Å². The van der Waals surface area contributed by atoms with Crippen molar-refractivity contribution in [2.75, 3.05) is 13.7 Å². The Labute approximate surface area is 180 Å². The number of aliphatic imine (C=N–C) groups is 1. The third-order valence-electron chi connectivity index (χ3n) is 5.05. The first-order valence-corrected chi connectivity index (χ1v) is 9.58. The van der Waals surface area contributed by atoms with Gasteiger partial charge in [0.15, 0.2) is 0 Å². The minimum atomic E-state index is -4.60. The van der Waals surface area contributed by atoms with Gasteiger partial charge in [-0.1, -0.05) is 40.9 Å². The highest BCUT2D eigenvalue weighted by molar-refractivity contribution is 6.48. The van der Waals surface area contributed by atoms with Crippen LogP contribution in [0, 0.1) is 6.92 Å². The molecule has 3 nitrogen and oxygen atoms in total. The SMILES string of the molecule is COC(=O)c1ccc(C2=NCC(c3cc(Cl)c(Cl)c(Cl)c3)(C(F)(F)F)C2)cc1C. The highest BCUT2D eigenvalue weighted by Crippen LogP contribution is 2.49. The number of ether oxygens (including phenoxy) is 1. The normalized spacial score (nSPS) is 19.2. The Bertz CT molecular complexity index is 998. The largest absolute Gasteiger partial charge is 0.465 e. The van der Waals surface area contributed by atoms with Crippen LogP contribution in [0.25, 0.3) is 0 Å². The molecule has 1 atom stereocenters. The lowest BCUT2D eigenvalue weighted by Gasteiger charge is -2.32. The van der Waals surface area contributed by atoms with Crippen molar-refractivity contribution < 1.29 is 22.7 Å².